The van der Waals surface area contributed by atoms with Crippen LogP contribution < -0.4 is 0 Å². The zero-order chi connectivity index (χ0) is 12.1. The highest BCUT2D eigenvalue weighted by Gasteiger charge is 2.12. The van der Waals surface area contributed by atoms with Crippen LogP contribution in [0.1, 0.15) is 13.0 Å². The molecule has 2 unspecified atom stereocenters. The molecule has 1 N–H and O–H groups in total. The quantitative estimate of drug-likeness (QED) is 0.774. The molecule has 0 saturated carbocycles. The van der Waals surface area contributed by atoms with Crippen molar-refractivity contribution in [3.8, 4) is 0 Å². The van der Waals surface area contributed by atoms with E-state index in [0.717, 1.165) is 0 Å². The Morgan fingerprint density at radius 3 is 3.00 bits per heavy atom. The lowest BCUT2D eigenvalue weighted by Gasteiger charge is -2.14. The van der Waals surface area contributed by atoms with E-state index in [1.165, 1.54) is 11.8 Å². The molecule has 90 valence electrons. The van der Waals surface area contributed by atoms with Crippen LogP contribution in [-0.2, 0) is 15.6 Å². The molecule has 0 spiro atoms. The first kappa shape index (κ1) is 13.2. The highest BCUT2D eigenvalue weighted by molar-refractivity contribution is 7.99. The van der Waals surface area contributed by atoms with Crippen LogP contribution in [0.25, 0.3) is 0 Å². The van der Waals surface area contributed by atoms with Crippen LogP contribution in [0.15, 0.2) is 17.6 Å². The van der Waals surface area contributed by atoms with E-state index in [-0.39, 0.29) is 11.8 Å². The summed E-state index contributed by atoms with van der Waals surface area (Å²) in [6, 6.07) is 0.0598. The van der Waals surface area contributed by atoms with E-state index >= 15 is 0 Å². The van der Waals surface area contributed by atoms with Gasteiger partial charge in [0.25, 0.3) is 0 Å². The van der Waals surface area contributed by atoms with Crippen molar-refractivity contribution in [3.05, 3.63) is 12.4 Å². The lowest BCUT2D eigenvalue weighted by molar-refractivity contribution is -0.133. The summed E-state index contributed by atoms with van der Waals surface area (Å²) in [6.07, 6.45) is 5.05. The first-order valence-corrected chi connectivity index (χ1v) is 7.39. The number of carboxylic acids is 1. The Labute approximate surface area is 101 Å². The molecule has 16 heavy (non-hydrogen) atoms. The average molecular weight is 262 g/mol. The summed E-state index contributed by atoms with van der Waals surface area (Å²) in [6.45, 7) is 1.94. The SMILES string of the molecule is CC(CS(C)=O)n1ccnc1SCC(=O)O. The van der Waals surface area contributed by atoms with Crippen LogP contribution in [0.2, 0.25) is 0 Å². The number of thioether (sulfide) groups is 1. The summed E-state index contributed by atoms with van der Waals surface area (Å²) in [5, 5.41) is 9.23. The standard InChI is InChI=1S/C9H14N2O3S2/c1-7(6-16(2)14)11-4-3-10-9(11)15-5-8(12)13/h3-4,7H,5-6H2,1-2H3,(H,12,13). The number of aromatic nitrogens is 2. The molecule has 0 bridgehead atoms. The molecular formula is C9H14N2O3S2. The Morgan fingerprint density at radius 2 is 2.44 bits per heavy atom. The molecule has 0 aliphatic rings. The summed E-state index contributed by atoms with van der Waals surface area (Å²) in [5.41, 5.74) is 0. The number of aliphatic carboxylic acids is 1. The van der Waals surface area contributed by atoms with Crippen molar-refractivity contribution in [1.82, 2.24) is 9.55 Å². The summed E-state index contributed by atoms with van der Waals surface area (Å²) < 4.78 is 13.0. The Hall–Kier alpha value is -0.820. The van der Waals surface area contributed by atoms with Gasteiger partial charge >= 0.3 is 5.97 Å². The molecule has 7 heteroatoms. The molecule has 0 aliphatic heterocycles. The fraction of sp³-hybridized carbons (Fsp3) is 0.556. The van der Waals surface area contributed by atoms with E-state index in [9.17, 15) is 9.00 Å². The van der Waals surface area contributed by atoms with Gasteiger partial charge in [0.15, 0.2) is 5.16 Å². The van der Waals surface area contributed by atoms with Gasteiger partial charge in [0.1, 0.15) is 0 Å². The highest BCUT2D eigenvalue weighted by Crippen LogP contribution is 2.20. The van der Waals surface area contributed by atoms with Crippen LogP contribution in [0.5, 0.6) is 0 Å². The third kappa shape index (κ3) is 3.97. The molecule has 1 rings (SSSR count). The molecule has 0 aromatic carbocycles. The number of carbonyl (C=O) groups is 1. The number of nitrogens with zero attached hydrogens (tertiary/aromatic N) is 2. The molecule has 2 atom stereocenters. The molecule has 0 fully saturated rings. The molecule has 0 amide bonds. The fourth-order valence-electron chi connectivity index (χ4n) is 1.29. The third-order valence-electron chi connectivity index (χ3n) is 1.91. The molecule has 5 nitrogen and oxygen atoms in total. The lowest BCUT2D eigenvalue weighted by Crippen LogP contribution is -2.13. The van der Waals surface area contributed by atoms with Crippen molar-refractivity contribution in [2.75, 3.05) is 17.8 Å². The monoisotopic (exact) mass is 262 g/mol. The maximum absolute atomic E-state index is 11.1. The Kier molecular flexibility index (Phi) is 5.01. The minimum Gasteiger partial charge on any atom is -0.481 e. The van der Waals surface area contributed by atoms with Gasteiger partial charge < -0.3 is 9.67 Å². The van der Waals surface area contributed by atoms with Crippen LogP contribution in [0.4, 0.5) is 0 Å². The number of rotatable bonds is 6. The van der Waals surface area contributed by atoms with Crippen molar-refractivity contribution in [2.24, 2.45) is 0 Å². The summed E-state index contributed by atoms with van der Waals surface area (Å²) in [7, 11) is -0.875. The van der Waals surface area contributed by atoms with Crippen LogP contribution in [-0.4, -0.2) is 42.6 Å². The molecule has 0 saturated heterocycles. The van der Waals surface area contributed by atoms with Crippen molar-refractivity contribution in [3.63, 3.8) is 0 Å². The van der Waals surface area contributed by atoms with Gasteiger partial charge in [-0.05, 0) is 6.92 Å². The maximum atomic E-state index is 11.1. The Morgan fingerprint density at radius 1 is 1.75 bits per heavy atom. The topological polar surface area (TPSA) is 72.2 Å². The number of carboxylic acid groups (broad SMARTS) is 1. The summed E-state index contributed by atoms with van der Waals surface area (Å²) >= 11 is 1.17. The maximum Gasteiger partial charge on any atom is 0.313 e. The van der Waals surface area contributed by atoms with Crippen molar-refractivity contribution < 1.29 is 14.1 Å². The van der Waals surface area contributed by atoms with Gasteiger partial charge in [-0.15, -0.1) is 0 Å². The fourth-order valence-corrected chi connectivity index (χ4v) is 2.91. The van der Waals surface area contributed by atoms with Gasteiger partial charge in [-0.25, -0.2) is 4.98 Å². The van der Waals surface area contributed by atoms with Gasteiger partial charge in [-0.1, -0.05) is 11.8 Å². The average Bonchev–Trinajstić information content (AvgIpc) is 2.61. The van der Waals surface area contributed by atoms with E-state index < -0.39 is 16.8 Å². The van der Waals surface area contributed by atoms with Crippen LogP contribution in [0, 0.1) is 0 Å². The zero-order valence-corrected chi connectivity index (χ0v) is 10.8. The number of hydrogen-bond acceptors (Lipinski definition) is 4. The number of imidazole rings is 1. The van der Waals surface area contributed by atoms with Crippen molar-refractivity contribution >= 4 is 28.5 Å². The van der Waals surface area contributed by atoms with E-state index in [1.807, 2.05) is 11.5 Å². The van der Waals surface area contributed by atoms with Crippen LogP contribution in [0.3, 0.4) is 0 Å². The van der Waals surface area contributed by atoms with Gasteiger partial charge in [-0.3, -0.25) is 9.00 Å². The summed E-state index contributed by atoms with van der Waals surface area (Å²) in [5.74, 6) is -0.345. The van der Waals surface area contributed by atoms with Crippen LogP contribution >= 0.6 is 11.8 Å². The summed E-state index contributed by atoms with van der Waals surface area (Å²) in [4.78, 5) is 14.5. The molecular weight excluding hydrogens is 248 g/mol. The van der Waals surface area contributed by atoms with E-state index in [1.54, 1.807) is 18.6 Å². The largest absolute Gasteiger partial charge is 0.481 e. The molecule has 1 aromatic rings. The van der Waals surface area contributed by atoms with E-state index in [4.69, 9.17) is 5.11 Å². The van der Waals surface area contributed by atoms with Gasteiger partial charge in [-0.2, -0.15) is 0 Å². The molecule has 1 aromatic heterocycles. The minimum atomic E-state index is -0.875. The second-order valence-electron chi connectivity index (χ2n) is 3.39. The predicted molar refractivity (Wildman–Crippen MR) is 64.2 cm³/mol. The Bertz CT molecular complexity index is 392. The predicted octanol–water partition coefficient (Wildman–Crippen LogP) is 0.999. The minimum absolute atomic E-state index is 0.0149. The second kappa shape index (κ2) is 6.05. The molecule has 0 radical (unpaired) electrons. The van der Waals surface area contributed by atoms with Gasteiger partial charge in [0.2, 0.25) is 0 Å². The van der Waals surface area contributed by atoms with E-state index in [2.05, 4.69) is 4.98 Å². The normalized spacial score (nSPS) is 14.6. The van der Waals surface area contributed by atoms with Gasteiger partial charge in [0.05, 0.1) is 5.75 Å². The molecule has 0 aliphatic carbocycles. The van der Waals surface area contributed by atoms with E-state index in [0.29, 0.717) is 10.9 Å². The first-order valence-electron chi connectivity index (χ1n) is 4.68. The lowest BCUT2D eigenvalue weighted by atomic mass is 10.4. The first-order chi connectivity index (χ1) is 7.50. The van der Waals surface area contributed by atoms with Crippen molar-refractivity contribution in [1.29, 1.82) is 0 Å². The van der Waals surface area contributed by atoms with Crippen molar-refractivity contribution in [2.45, 2.75) is 18.1 Å². The smallest absolute Gasteiger partial charge is 0.313 e. The second-order valence-corrected chi connectivity index (χ2v) is 5.81. The number of hydrogen-bond donors (Lipinski definition) is 1. The Balaban J connectivity index is 2.69. The van der Waals surface area contributed by atoms with Gasteiger partial charge in [0, 0.05) is 41.2 Å². The molecule has 1 heterocycles. The zero-order valence-electron chi connectivity index (χ0n) is 9.12. The highest BCUT2D eigenvalue weighted by atomic mass is 32.2. The third-order valence-corrected chi connectivity index (χ3v) is 3.83.